The van der Waals surface area contributed by atoms with Gasteiger partial charge in [-0.25, -0.2) is 4.78 Å². The van der Waals surface area contributed by atoms with Crippen LogP contribution in [0.3, 0.4) is 0 Å². The third kappa shape index (κ3) is 3.03. The van der Waals surface area contributed by atoms with Gasteiger partial charge in [-0.05, 0) is 63.5 Å². The SMILES string of the molecule is CC(C)O[P@@]1(=S)C2=C(N3CCCC3)CCC=C2NN1c1ccccc1. The molecular formula is C19H26N3OPS. The molecule has 1 aliphatic carbocycles. The van der Waals surface area contributed by atoms with Gasteiger partial charge in [0.1, 0.15) is 0 Å². The number of hydrogen-bond acceptors (Lipinski definition) is 4. The van der Waals surface area contributed by atoms with Crippen LogP contribution in [0.25, 0.3) is 0 Å². The van der Waals surface area contributed by atoms with Gasteiger partial charge in [-0.2, -0.15) is 0 Å². The van der Waals surface area contributed by atoms with E-state index in [9.17, 15) is 0 Å². The van der Waals surface area contributed by atoms with Crippen LogP contribution in [0.15, 0.2) is 53.1 Å². The van der Waals surface area contributed by atoms with Gasteiger partial charge in [0.25, 0.3) is 0 Å². The summed E-state index contributed by atoms with van der Waals surface area (Å²) in [4.78, 5) is 2.54. The molecule has 0 aromatic heterocycles. The van der Waals surface area contributed by atoms with Crippen molar-refractivity contribution in [3.8, 4) is 0 Å². The van der Waals surface area contributed by atoms with Gasteiger partial charge in [-0.15, -0.1) is 0 Å². The van der Waals surface area contributed by atoms with E-state index < -0.39 is 6.42 Å². The van der Waals surface area contributed by atoms with Gasteiger partial charge in [0, 0.05) is 18.8 Å². The van der Waals surface area contributed by atoms with Gasteiger partial charge in [0.15, 0.2) is 0 Å². The molecule has 134 valence electrons. The fraction of sp³-hybridized carbons (Fsp3) is 0.474. The van der Waals surface area contributed by atoms with Crippen molar-refractivity contribution in [2.75, 3.05) is 17.9 Å². The highest BCUT2D eigenvalue weighted by atomic mass is 32.4. The van der Waals surface area contributed by atoms with Crippen molar-refractivity contribution >= 4 is 23.9 Å². The van der Waals surface area contributed by atoms with Crippen LogP contribution in [0.1, 0.15) is 39.5 Å². The first-order chi connectivity index (χ1) is 12.1. The van der Waals surface area contributed by atoms with Crippen LogP contribution in [-0.2, 0) is 16.3 Å². The Morgan fingerprint density at radius 2 is 1.88 bits per heavy atom. The second-order valence-electron chi connectivity index (χ2n) is 7.08. The molecule has 0 radical (unpaired) electrons. The summed E-state index contributed by atoms with van der Waals surface area (Å²) in [6.07, 6.45) is 4.71. The molecular weight excluding hydrogens is 349 g/mol. The lowest BCUT2D eigenvalue weighted by Gasteiger charge is -2.33. The predicted octanol–water partition coefficient (Wildman–Crippen LogP) is 4.73. The predicted molar refractivity (Wildman–Crippen MR) is 108 cm³/mol. The Bertz CT molecular complexity index is 753. The third-order valence-electron chi connectivity index (χ3n) is 4.87. The third-order valence-corrected chi connectivity index (χ3v) is 8.80. The Kier molecular flexibility index (Phi) is 4.65. The zero-order valence-electron chi connectivity index (χ0n) is 14.9. The van der Waals surface area contributed by atoms with E-state index in [0.29, 0.717) is 0 Å². The molecule has 0 saturated carbocycles. The van der Waals surface area contributed by atoms with Crippen molar-refractivity contribution in [2.24, 2.45) is 0 Å². The van der Waals surface area contributed by atoms with Crippen LogP contribution in [-0.4, -0.2) is 24.1 Å². The highest BCUT2D eigenvalue weighted by molar-refractivity contribution is 8.15. The van der Waals surface area contributed by atoms with Gasteiger partial charge in [-0.3, -0.25) is 5.43 Å². The Labute approximate surface area is 155 Å². The number of nitrogens with zero attached hydrogens (tertiary/aromatic N) is 2. The van der Waals surface area contributed by atoms with E-state index in [1.807, 2.05) is 6.07 Å². The maximum Gasteiger partial charge on any atom is 0.208 e. The highest BCUT2D eigenvalue weighted by Crippen LogP contribution is 2.67. The summed E-state index contributed by atoms with van der Waals surface area (Å²) in [5.41, 5.74) is 7.26. The summed E-state index contributed by atoms with van der Waals surface area (Å²) >= 11 is 6.28. The van der Waals surface area contributed by atoms with Crippen molar-refractivity contribution in [1.29, 1.82) is 0 Å². The molecule has 1 aromatic carbocycles. The first-order valence-corrected chi connectivity index (χ1v) is 11.9. The van der Waals surface area contributed by atoms with Gasteiger partial charge >= 0.3 is 0 Å². The lowest BCUT2D eigenvalue weighted by Crippen LogP contribution is -2.28. The second kappa shape index (κ2) is 6.79. The molecule has 2 fully saturated rings. The molecule has 2 saturated heterocycles. The Morgan fingerprint density at radius 1 is 1.16 bits per heavy atom. The number of benzene rings is 1. The topological polar surface area (TPSA) is 27.7 Å². The number of hydrogen-bond donors (Lipinski definition) is 1. The second-order valence-corrected chi connectivity index (χ2v) is 10.7. The van der Waals surface area contributed by atoms with E-state index in [0.717, 1.165) is 31.6 Å². The average Bonchev–Trinajstić information content (AvgIpc) is 3.22. The molecule has 3 aliphatic rings. The first kappa shape index (κ1) is 17.1. The van der Waals surface area contributed by atoms with Crippen molar-refractivity contribution in [3.63, 3.8) is 0 Å². The van der Waals surface area contributed by atoms with Crippen LogP contribution in [0.5, 0.6) is 0 Å². The summed E-state index contributed by atoms with van der Waals surface area (Å²) in [5, 5.41) is 1.26. The van der Waals surface area contributed by atoms with Crippen LogP contribution in [0, 0.1) is 0 Å². The summed E-state index contributed by atoms with van der Waals surface area (Å²) in [7, 11) is 0. The summed E-state index contributed by atoms with van der Waals surface area (Å²) < 4.78 is 8.62. The number of fused-ring (bicyclic) bond motifs is 1. The van der Waals surface area contributed by atoms with Crippen LogP contribution in [0.2, 0.25) is 0 Å². The normalized spacial score (nSPS) is 26.1. The zero-order valence-corrected chi connectivity index (χ0v) is 16.7. The minimum absolute atomic E-state index is 0.0902. The van der Waals surface area contributed by atoms with Crippen LogP contribution in [0.4, 0.5) is 5.69 Å². The molecule has 0 bridgehead atoms. The molecule has 6 heteroatoms. The maximum atomic E-state index is 6.49. The standard InChI is InChI=1S/C19H26N3OPS/c1-15(2)23-24(25)19-17(20-22(24)16-9-4-3-5-10-16)11-8-12-18(19)21-13-6-7-14-21/h3-5,9-11,15,20H,6-8,12-14H2,1-2H3/t24-/m1/s1. The Hall–Kier alpha value is -1.29. The summed E-state index contributed by atoms with van der Waals surface area (Å²) in [6.45, 7) is 6.46. The van der Waals surface area contributed by atoms with Crippen LogP contribution >= 0.6 is 6.42 Å². The number of rotatable bonds is 4. The minimum atomic E-state index is -2.37. The Morgan fingerprint density at radius 3 is 2.56 bits per heavy atom. The molecule has 2 aliphatic heterocycles. The first-order valence-electron chi connectivity index (χ1n) is 9.19. The number of para-hydroxylation sites is 1. The van der Waals surface area contributed by atoms with E-state index in [4.69, 9.17) is 16.3 Å². The number of allylic oxidation sites excluding steroid dienone is 3. The lowest BCUT2D eigenvalue weighted by molar-refractivity contribution is 0.270. The zero-order chi connectivity index (χ0) is 17.4. The van der Waals surface area contributed by atoms with E-state index >= 15 is 0 Å². The summed E-state index contributed by atoms with van der Waals surface area (Å²) in [6, 6.07) is 10.3. The molecule has 2 heterocycles. The van der Waals surface area contributed by atoms with Gasteiger partial charge in [0.2, 0.25) is 6.42 Å². The maximum absolute atomic E-state index is 6.49. The summed E-state index contributed by atoms with van der Waals surface area (Å²) in [5.74, 6) is 0. The monoisotopic (exact) mass is 375 g/mol. The fourth-order valence-electron chi connectivity index (χ4n) is 3.88. The molecule has 4 rings (SSSR count). The molecule has 1 aromatic rings. The molecule has 0 spiro atoms. The van der Waals surface area contributed by atoms with Gasteiger partial charge in [-0.1, -0.05) is 24.3 Å². The lowest BCUT2D eigenvalue weighted by atomic mass is 10.1. The highest BCUT2D eigenvalue weighted by Gasteiger charge is 2.45. The van der Waals surface area contributed by atoms with E-state index in [1.54, 1.807) is 0 Å². The number of likely N-dealkylation sites (tertiary alicyclic amines) is 1. The molecule has 4 nitrogen and oxygen atoms in total. The van der Waals surface area contributed by atoms with Crippen molar-refractivity contribution in [2.45, 2.75) is 45.6 Å². The van der Waals surface area contributed by atoms with Crippen molar-refractivity contribution in [3.05, 3.63) is 53.1 Å². The number of nitrogens with one attached hydrogen (secondary N) is 1. The van der Waals surface area contributed by atoms with Crippen molar-refractivity contribution < 1.29 is 4.52 Å². The quantitative estimate of drug-likeness (QED) is 0.768. The molecule has 0 amide bonds. The molecule has 25 heavy (non-hydrogen) atoms. The molecule has 1 atom stereocenters. The van der Waals surface area contributed by atoms with E-state index in [1.165, 1.54) is 29.5 Å². The van der Waals surface area contributed by atoms with Crippen molar-refractivity contribution in [1.82, 2.24) is 10.3 Å². The average molecular weight is 375 g/mol. The van der Waals surface area contributed by atoms with Gasteiger partial charge in [0.05, 0.1) is 22.8 Å². The number of hydrazine groups is 1. The minimum Gasteiger partial charge on any atom is -0.374 e. The fourth-order valence-corrected chi connectivity index (χ4v) is 8.09. The largest absolute Gasteiger partial charge is 0.374 e. The van der Waals surface area contributed by atoms with E-state index in [2.05, 4.69) is 59.3 Å². The van der Waals surface area contributed by atoms with Gasteiger partial charge < -0.3 is 9.42 Å². The Balaban J connectivity index is 1.84. The number of anilines is 1. The molecule has 0 unspecified atom stereocenters. The van der Waals surface area contributed by atoms with E-state index in [-0.39, 0.29) is 6.10 Å². The smallest absolute Gasteiger partial charge is 0.208 e. The molecule has 1 N–H and O–H groups in total. The van der Waals surface area contributed by atoms with Crippen LogP contribution < -0.4 is 10.2 Å².